The summed E-state index contributed by atoms with van der Waals surface area (Å²) in [6.45, 7) is 4.28. The van der Waals surface area contributed by atoms with Crippen LogP contribution >= 0.6 is 0 Å². The summed E-state index contributed by atoms with van der Waals surface area (Å²) in [5.74, 6) is -0.0108. The number of hydrogen-bond donors (Lipinski definition) is 1. The Morgan fingerprint density at radius 1 is 1.18 bits per heavy atom. The Bertz CT molecular complexity index is 434. The first-order valence-corrected chi connectivity index (χ1v) is 6.01. The number of hydrogen-bond acceptors (Lipinski definition) is 2. The summed E-state index contributed by atoms with van der Waals surface area (Å²) in [5.41, 5.74) is 2.26. The van der Waals surface area contributed by atoms with E-state index >= 15 is 0 Å². The molecule has 1 aliphatic rings. The van der Waals surface area contributed by atoms with Crippen LogP contribution in [0.4, 0.5) is 0 Å². The van der Waals surface area contributed by atoms with Crippen LogP contribution in [0.15, 0.2) is 24.3 Å². The molecule has 3 nitrogen and oxygen atoms in total. The van der Waals surface area contributed by atoms with E-state index in [-0.39, 0.29) is 17.7 Å². The summed E-state index contributed by atoms with van der Waals surface area (Å²) in [4.78, 5) is 22.8. The van der Waals surface area contributed by atoms with Crippen LogP contribution in [0.3, 0.4) is 0 Å². The molecular weight excluding hydrogens is 214 g/mol. The Labute approximate surface area is 101 Å². The second-order valence-electron chi connectivity index (χ2n) is 4.83. The lowest BCUT2D eigenvalue weighted by Gasteiger charge is -2.21. The van der Waals surface area contributed by atoms with Crippen molar-refractivity contribution in [2.24, 2.45) is 0 Å². The molecule has 1 unspecified atom stereocenters. The molecule has 1 aromatic rings. The molecule has 2 rings (SSSR count). The zero-order chi connectivity index (χ0) is 12.4. The molecule has 1 atom stereocenters. The number of rotatable bonds is 2. The fraction of sp³-hybridized carbons (Fsp3) is 0.429. The highest BCUT2D eigenvalue weighted by molar-refractivity contribution is 6.00. The highest BCUT2D eigenvalue weighted by Gasteiger charge is 2.27. The Morgan fingerprint density at radius 2 is 1.82 bits per heavy atom. The molecule has 90 valence electrons. The van der Waals surface area contributed by atoms with Crippen molar-refractivity contribution in [1.29, 1.82) is 0 Å². The van der Waals surface area contributed by atoms with E-state index in [1.807, 2.05) is 12.1 Å². The van der Waals surface area contributed by atoms with E-state index in [0.29, 0.717) is 18.8 Å². The zero-order valence-corrected chi connectivity index (χ0v) is 10.2. The largest absolute Gasteiger partial charge is 0.296 e. The van der Waals surface area contributed by atoms with Gasteiger partial charge in [0.15, 0.2) is 0 Å². The lowest BCUT2D eigenvalue weighted by atomic mass is 9.89. The lowest BCUT2D eigenvalue weighted by Crippen LogP contribution is -2.39. The number of carbonyl (C=O) groups excluding carboxylic acids is 2. The maximum atomic E-state index is 11.7. The van der Waals surface area contributed by atoms with Crippen LogP contribution in [0.2, 0.25) is 0 Å². The van der Waals surface area contributed by atoms with E-state index in [9.17, 15) is 9.59 Å². The van der Waals surface area contributed by atoms with Crippen LogP contribution in [0.1, 0.15) is 49.7 Å². The van der Waals surface area contributed by atoms with Crippen molar-refractivity contribution in [1.82, 2.24) is 5.32 Å². The number of amides is 2. The average Bonchev–Trinajstić information content (AvgIpc) is 2.29. The van der Waals surface area contributed by atoms with Gasteiger partial charge in [-0.05, 0) is 23.5 Å². The smallest absolute Gasteiger partial charge is 0.234 e. The molecule has 1 aliphatic heterocycles. The molecule has 0 spiro atoms. The average molecular weight is 231 g/mol. The minimum absolute atomic E-state index is 0.162. The van der Waals surface area contributed by atoms with Gasteiger partial charge < -0.3 is 0 Å². The molecule has 3 heteroatoms. The predicted octanol–water partition coefficient (Wildman–Crippen LogP) is 2.33. The molecule has 0 radical (unpaired) electrons. The van der Waals surface area contributed by atoms with Gasteiger partial charge in [0, 0.05) is 6.42 Å². The van der Waals surface area contributed by atoms with Crippen LogP contribution in [0.5, 0.6) is 0 Å². The van der Waals surface area contributed by atoms with Gasteiger partial charge in [-0.15, -0.1) is 0 Å². The molecule has 1 saturated heterocycles. The van der Waals surface area contributed by atoms with Gasteiger partial charge in [-0.3, -0.25) is 14.9 Å². The molecule has 0 saturated carbocycles. The number of piperidine rings is 1. The Balaban J connectivity index is 2.17. The predicted molar refractivity (Wildman–Crippen MR) is 65.7 cm³/mol. The van der Waals surface area contributed by atoms with Crippen molar-refractivity contribution in [3.05, 3.63) is 35.4 Å². The van der Waals surface area contributed by atoms with Gasteiger partial charge in [0.1, 0.15) is 0 Å². The molecule has 1 N–H and O–H groups in total. The van der Waals surface area contributed by atoms with E-state index in [2.05, 4.69) is 31.3 Å². The molecule has 17 heavy (non-hydrogen) atoms. The van der Waals surface area contributed by atoms with Crippen LogP contribution in [0, 0.1) is 0 Å². The minimum Gasteiger partial charge on any atom is -0.296 e. The topological polar surface area (TPSA) is 46.2 Å². The van der Waals surface area contributed by atoms with E-state index in [1.54, 1.807) is 0 Å². The normalized spacial score (nSPS) is 20.5. The van der Waals surface area contributed by atoms with Gasteiger partial charge in [-0.2, -0.15) is 0 Å². The summed E-state index contributed by atoms with van der Waals surface area (Å²) in [5, 5.41) is 2.39. The first-order chi connectivity index (χ1) is 8.08. The van der Waals surface area contributed by atoms with E-state index in [0.717, 1.165) is 5.56 Å². The third kappa shape index (κ3) is 2.54. The highest BCUT2D eigenvalue weighted by atomic mass is 16.2. The Hall–Kier alpha value is -1.64. The second kappa shape index (κ2) is 4.70. The fourth-order valence-corrected chi connectivity index (χ4v) is 2.12. The van der Waals surface area contributed by atoms with Gasteiger partial charge in [-0.25, -0.2) is 0 Å². The second-order valence-corrected chi connectivity index (χ2v) is 4.83. The SMILES string of the molecule is CC(C)c1ccc(C2CCC(=O)NC2=O)cc1. The number of benzene rings is 1. The lowest BCUT2D eigenvalue weighted by molar-refractivity contribution is -0.134. The minimum atomic E-state index is -0.172. The maximum Gasteiger partial charge on any atom is 0.234 e. The summed E-state index contributed by atoms with van der Waals surface area (Å²) < 4.78 is 0. The van der Waals surface area contributed by atoms with Crippen molar-refractivity contribution in [2.45, 2.75) is 38.5 Å². The van der Waals surface area contributed by atoms with Crippen molar-refractivity contribution >= 4 is 11.8 Å². The molecule has 0 aliphatic carbocycles. The van der Waals surface area contributed by atoms with Gasteiger partial charge in [0.2, 0.25) is 11.8 Å². The first-order valence-electron chi connectivity index (χ1n) is 6.01. The molecule has 1 heterocycles. The standard InChI is InChI=1S/C14H17NO2/c1-9(2)10-3-5-11(6-4-10)12-7-8-13(16)15-14(12)17/h3-6,9,12H,7-8H2,1-2H3,(H,15,16,17). The van der Waals surface area contributed by atoms with Crippen LogP contribution < -0.4 is 5.32 Å². The molecule has 2 amide bonds. The number of carbonyl (C=O) groups is 2. The monoisotopic (exact) mass is 231 g/mol. The van der Waals surface area contributed by atoms with Crippen molar-refractivity contribution in [3.63, 3.8) is 0 Å². The van der Waals surface area contributed by atoms with Gasteiger partial charge >= 0.3 is 0 Å². The molecule has 1 fully saturated rings. The first kappa shape index (κ1) is 11.8. The van der Waals surface area contributed by atoms with Crippen molar-refractivity contribution in [2.75, 3.05) is 0 Å². The van der Waals surface area contributed by atoms with Gasteiger partial charge in [0.25, 0.3) is 0 Å². The molecule has 0 bridgehead atoms. The summed E-state index contributed by atoms with van der Waals surface area (Å²) >= 11 is 0. The fourth-order valence-electron chi connectivity index (χ4n) is 2.12. The summed E-state index contributed by atoms with van der Waals surface area (Å²) in [6, 6.07) is 8.11. The van der Waals surface area contributed by atoms with E-state index in [4.69, 9.17) is 0 Å². The van der Waals surface area contributed by atoms with E-state index < -0.39 is 0 Å². The van der Waals surface area contributed by atoms with Crippen molar-refractivity contribution in [3.8, 4) is 0 Å². The third-order valence-electron chi connectivity index (χ3n) is 3.24. The highest BCUT2D eigenvalue weighted by Crippen LogP contribution is 2.26. The van der Waals surface area contributed by atoms with Gasteiger partial charge in [0.05, 0.1) is 5.92 Å². The van der Waals surface area contributed by atoms with Crippen LogP contribution in [0.25, 0.3) is 0 Å². The molecule has 0 aromatic heterocycles. The van der Waals surface area contributed by atoms with Crippen LogP contribution in [-0.2, 0) is 9.59 Å². The number of imide groups is 1. The quantitative estimate of drug-likeness (QED) is 0.794. The summed E-state index contributed by atoms with van der Waals surface area (Å²) in [7, 11) is 0. The van der Waals surface area contributed by atoms with E-state index in [1.165, 1.54) is 5.56 Å². The third-order valence-corrected chi connectivity index (χ3v) is 3.24. The molecule has 1 aromatic carbocycles. The van der Waals surface area contributed by atoms with Crippen LogP contribution in [-0.4, -0.2) is 11.8 Å². The summed E-state index contributed by atoms with van der Waals surface area (Å²) in [6.07, 6.45) is 1.05. The zero-order valence-electron chi connectivity index (χ0n) is 10.2. The molecular formula is C14H17NO2. The number of nitrogens with one attached hydrogen (secondary N) is 1. The maximum absolute atomic E-state index is 11.7. The van der Waals surface area contributed by atoms with Gasteiger partial charge in [-0.1, -0.05) is 38.1 Å². The van der Waals surface area contributed by atoms with Crippen molar-refractivity contribution < 1.29 is 9.59 Å². The Morgan fingerprint density at radius 3 is 2.35 bits per heavy atom. The Kier molecular flexibility index (Phi) is 3.27.